The van der Waals surface area contributed by atoms with Crippen molar-refractivity contribution in [3.8, 4) is 0 Å². The van der Waals surface area contributed by atoms with Crippen molar-refractivity contribution in [2.75, 3.05) is 5.32 Å². The van der Waals surface area contributed by atoms with Crippen molar-refractivity contribution in [2.45, 2.75) is 6.92 Å². The van der Waals surface area contributed by atoms with Crippen molar-refractivity contribution in [1.82, 2.24) is 10.2 Å². The molecule has 1 amide bonds. The molecule has 2 N–H and O–H groups in total. The van der Waals surface area contributed by atoms with Crippen molar-refractivity contribution in [1.29, 1.82) is 0 Å². The van der Waals surface area contributed by atoms with Crippen LogP contribution in [0.15, 0.2) is 41.2 Å². The Morgan fingerprint density at radius 2 is 2.12 bits per heavy atom. The number of carbonyl (C=O) groups is 1. The molecule has 0 aliphatic rings. The van der Waals surface area contributed by atoms with Gasteiger partial charge in [0.25, 0.3) is 11.5 Å². The number of aromatic amines is 1. The second-order valence-electron chi connectivity index (χ2n) is 3.63. The molecule has 0 aliphatic carbocycles. The number of aromatic nitrogens is 2. The Balaban J connectivity index is 2.17. The van der Waals surface area contributed by atoms with E-state index in [1.807, 2.05) is 25.1 Å². The molecule has 0 bridgehead atoms. The SMILES string of the molecule is Cc1cccc(NC(=O)c2ccc(=O)[nH]n2)c1. The van der Waals surface area contributed by atoms with Crippen LogP contribution in [-0.2, 0) is 0 Å². The van der Waals surface area contributed by atoms with Crippen molar-refractivity contribution >= 4 is 11.6 Å². The van der Waals surface area contributed by atoms with E-state index < -0.39 is 0 Å². The van der Waals surface area contributed by atoms with Crippen LogP contribution in [0.2, 0.25) is 0 Å². The smallest absolute Gasteiger partial charge is 0.276 e. The van der Waals surface area contributed by atoms with E-state index in [1.165, 1.54) is 12.1 Å². The number of amides is 1. The topological polar surface area (TPSA) is 74.8 Å². The van der Waals surface area contributed by atoms with E-state index in [2.05, 4.69) is 15.5 Å². The van der Waals surface area contributed by atoms with Gasteiger partial charge in [0.15, 0.2) is 0 Å². The highest BCUT2D eigenvalue weighted by Gasteiger charge is 2.07. The minimum atomic E-state index is -0.355. The highest BCUT2D eigenvalue weighted by atomic mass is 16.2. The van der Waals surface area contributed by atoms with Crippen LogP contribution < -0.4 is 10.9 Å². The zero-order chi connectivity index (χ0) is 12.3. The zero-order valence-corrected chi connectivity index (χ0v) is 9.23. The number of hydrogen-bond donors (Lipinski definition) is 2. The number of nitrogens with zero attached hydrogens (tertiary/aromatic N) is 1. The largest absolute Gasteiger partial charge is 0.321 e. The van der Waals surface area contributed by atoms with Gasteiger partial charge >= 0.3 is 0 Å². The van der Waals surface area contributed by atoms with E-state index in [9.17, 15) is 9.59 Å². The summed E-state index contributed by atoms with van der Waals surface area (Å²) in [5.74, 6) is -0.355. The molecule has 1 aromatic carbocycles. The maximum absolute atomic E-state index is 11.7. The Morgan fingerprint density at radius 1 is 1.29 bits per heavy atom. The first kappa shape index (κ1) is 11.1. The quantitative estimate of drug-likeness (QED) is 0.815. The fraction of sp³-hybridized carbons (Fsp3) is 0.0833. The molecule has 1 aromatic heterocycles. The van der Waals surface area contributed by atoms with Crippen molar-refractivity contribution in [3.05, 3.63) is 58.0 Å². The Morgan fingerprint density at radius 3 is 2.76 bits per heavy atom. The van der Waals surface area contributed by atoms with Crippen LogP contribution in [-0.4, -0.2) is 16.1 Å². The lowest BCUT2D eigenvalue weighted by Gasteiger charge is -2.04. The van der Waals surface area contributed by atoms with Gasteiger partial charge in [-0.2, -0.15) is 5.10 Å². The second-order valence-corrected chi connectivity index (χ2v) is 3.63. The average Bonchev–Trinajstić information content (AvgIpc) is 2.29. The minimum absolute atomic E-state index is 0.172. The molecule has 5 nitrogen and oxygen atoms in total. The monoisotopic (exact) mass is 229 g/mol. The third-order valence-electron chi connectivity index (χ3n) is 2.19. The number of carbonyl (C=O) groups excluding carboxylic acids is 1. The fourth-order valence-corrected chi connectivity index (χ4v) is 1.39. The molecule has 1 heterocycles. The summed E-state index contributed by atoms with van der Waals surface area (Å²) in [4.78, 5) is 22.5. The first-order valence-corrected chi connectivity index (χ1v) is 5.09. The van der Waals surface area contributed by atoms with Gasteiger partial charge < -0.3 is 5.32 Å². The highest BCUT2D eigenvalue weighted by Crippen LogP contribution is 2.10. The number of anilines is 1. The molecule has 0 saturated heterocycles. The molecule has 2 rings (SSSR count). The summed E-state index contributed by atoms with van der Waals surface area (Å²) in [7, 11) is 0. The maximum Gasteiger partial charge on any atom is 0.276 e. The lowest BCUT2D eigenvalue weighted by atomic mass is 10.2. The predicted molar refractivity (Wildman–Crippen MR) is 64.0 cm³/mol. The molecule has 0 unspecified atom stereocenters. The molecular formula is C12H11N3O2. The van der Waals surface area contributed by atoms with Gasteiger partial charge in [0.05, 0.1) is 0 Å². The van der Waals surface area contributed by atoms with Crippen LogP contribution in [0.1, 0.15) is 16.1 Å². The molecule has 0 spiro atoms. The summed E-state index contributed by atoms with van der Waals surface area (Å²) in [5, 5.41) is 8.55. The number of aryl methyl sites for hydroxylation is 1. The maximum atomic E-state index is 11.7. The van der Waals surface area contributed by atoms with Crippen LogP contribution >= 0.6 is 0 Å². The average molecular weight is 229 g/mol. The molecular weight excluding hydrogens is 218 g/mol. The van der Waals surface area contributed by atoms with Gasteiger partial charge in [0.2, 0.25) is 0 Å². The molecule has 2 aromatic rings. The molecule has 86 valence electrons. The third kappa shape index (κ3) is 2.78. The number of hydrogen-bond acceptors (Lipinski definition) is 3. The summed E-state index contributed by atoms with van der Waals surface area (Å²) in [5.41, 5.74) is 1.59. The molecule has 0 saturated carbocycles. The Bertz CT molecular complexity index is 584. The molecule has 0 atom stereocenters. The zero-order valence-electron chi connectivity index (χ0n) is 9.23. The Labute approximate surface area is 97.5 Å². The number of nitrogens with one attached hydrogen (secondary N) is 2. The minimum Gasteiger partial charge on any atom is -0.321 e. The van der Waals surface area contributed by atoms with Gasteiger partial charge in [0.1, 0.15) is 5.69 Å². The molecule has 0 radical (unpaired) electrons. The lowest BCUT2D eigenvalue weighted by Crippen LogP contribution is -2.17. The van der Waals surface area contributed by atoms with Crippen LogP contribution in [0.3, 0.4) is 0 Å². The molecule has 17 heavy (non-hydrogen) atoms. The van der Waals surface area contributed by atoms with E-state index in [1.54, 1.807) is 6.07 Å². The van der Waals surface area contributed by atoms with Crippen molar-refractivity contribution in [3.63, 3.8) is 0 Å². The van der Waals surface area contributed by atoms with Gasteiger partial charge in [-0.3, -0.25) is 9.59 Å². The molecule has 0 fully saturated rings. The Hall–Kier alpha value is -2.43. The van der Waals surface area contributed by atoms with Crippen LogP contribution in [0.5, 0.6) is 0 Å². The van der Waals surface area contributed by atoms with E-state index in [0.717, 1.165) is 5.56 Å². The second kappa shape index (κ2) is 4.61. The van der Waals surface area contributed by atoms with Gasteiger partial charge in [0, 0.05) is 11.8 Å². The fourth-order valence-electron chi connectivity index (χ4n) is 1.39. The van der Waals surface area contributed by atoms with Gasteiger partial charge in [-0.15, -0.1) is 0 Å². The summed E-state index contributed by atoms with van der Waals surface area (Å²) in [6, 6.07) is 10.1. The normalized spacial score (nSPS) is 9.94. The van der Waals surface area contributed by atoms with Gasteiger partial charge in [-0.1, -0.05) is 12.1 Å². The number of rotatable bonds is 2. The summed E-state index contributed by atoms with van der Waals surface area (Å²) in [6.45, 7) is 1.94. The van der Waals surface area contributed by atoms with Crippen LogP contribution in [0.25, 0.3) is 0 Å². The van der Waals surface area contributed by atoms with Crippen molar-refractivity contribution < 1.29 is 4.79 Å². The van der Waals surface area contributed by atoms with Crippen LogP contribution in [0, 0.1) is 6.92 Å². The molecule has 0 aliphatic heterocycles. The summed E-state index contributed by atoms with van der Waals surface area (Å²) < 4.78 is 0. The summed E-state index contributed by atoms with van der Waals surface area (Å²) >= 11 is 0. The molecule has 5 heteroatoms. The van der Waals surface area contributed by atoms with E-state index in [-0.39, 0.29) is 17.2 Å². The highest BCUT2D eigenvalue weighted by molar-refractivity contribution is 6.02. The van der Waals surface area contributed by atoms with Crippen molar-refractivity contribution in [2.24, 2.45) is 0 Å². The number of benzene rings is 1. The van der Waals surface area contributed by atoms with Crippen LogP contribution in [0.4, 0.5) is 5.69 Å². The third-order valence-corrected chi connectivity index (χ3v) is 2.19. The van der Waals surface area contributed by atoms with E-state index in [4.69, 9.17) is 0 Å². The summed E-state index contributed by atoms with van der Waals surface area (Å²) in [6.07, 6.45) is 0. The standard InChI is InChI=1S/C12H11N3O2/c1-8-3-2-4-9(7-8)13-12(17)10-5-6-11(16)15-14-10/h2-7H,1H3,(H,13,17)(H,15,16). The van der Waals surface area contributed by atoms with Gasteiger partial charge in [-0.25, -0.2) is 5.10 Å². The van der Waals surface area contributed by atoms with E-state index >= 15 is 0 Å². The Kier molecular flexibility index (Phi) is 3.00. The van der Waals surface area contributed by atoms with Gasteiger partial charge in [-0.05, 0) is 30.7 Å². The predicted octanol–water partition coefficient (Wildman–Crippen LogP) is 1.33. The lowest BCUT2D eigenvalue weighted by molar-refractivity contribution is 0.102. The first-order chi connectivity index (χ1) is 8.15. The first-order valence-electron chi connectivity index (χ1n) is 5.09. The number of H-pyrrole nitrogens is 1. The van der Waals surface area contributed by atoms with E-state index in [0.29, 0.717) is 5.69 Å².